The van der Waals surface area contributed by atoms with Crippen molar-refractivity contribution in [2.45, 2.75) is 52.1 Å². The highest BCUT2D eigenvalue weighted by Gasteiger charge is 2.35. The molecule has 0 amide bonds. The number of nitriles is 1. The first-order valence-electron chi connectivity index (χ1n) is 13.8. The maximum atomic E-state index is 11.2. The fraction of sp³-hybridized carbons (Fsp3) is 0.394. The molecule has 1 aliphatic carbocycles. The van der Waals surface area contributed by atoms with Gasteiger partial charge in [0, 0.05) is 28.5 Å². The number of carboxylic acid groups (broad SMARTS) is 1. The number of hydrogen-bond donors (Lipinski definition) is 1. The Kier molecular flexibility index (Phi) is 6.67. The van der Waals surface area contributed by atoms with E-state index < -0.39 is 5.97 Å². The summed E-state index contributed by atoms with van der Waals surface area (Å²) in [6, 6.07) is 16.2. The molecule has 0 saturated carbocycles. The number of fused-ring (bicyclic) bond motifs is 2. The van der Waals surface area contributed by atoms with Crippen LogP contribution in [-0.4, -0.2) is 37.5 Å². The number of ether oxygens (including phenoxy) is 4. The number of rotatable bonds is 8. The molecule has 0 radical (unpaired) electrons. The summed E-state index contributed by atoms with van der Waals surface area (Å²) in [5.41, 5.74) is 8.10. The average Bonchev–Trinajstić information content (AvgIpc) is 3.49. The van der Waals surface area contributed by atoms with Crippen LogP contribution in [0.5, 0.6) is 17.2 Å². The largest absolute Gasteiger partial charge is 0.493 e. The van der Waals surface area contributed by atoms with Crippen molar-refractivity contribution in [2.75, 3.05) is 26.4 Å². The van der Waals surface area contributed by atoms with E-state index in [4.69, 9.17) is 18.9 Å². The van der Waals surface area contributed by atoms with E-state index in [2.05, 4.69) is 39.0 Å². The first-order valence-corrected chi connectivity index (χ1v) is 13.8. The molecule has 206 valence electrons. The Hall–Kier alpha value is -4.02. The van der Waals surface area contributed by atoms with Gasteiger partial charge in [0.1, 0.15) is 23.4 Å². The predicted molar refractivity (Wildman–Crippen MR) is 149 cm³/mol. The normalized spacial score (nSPS) is 20.1. The lowest BCUT2D eigenvalue weighted by atomic mass is 9.87. The molecular formula is C33H33NO6. The van der Waals surface area contributed by atoms with Crippen LogP contribution in [0.2, 0.25) is 0 Å². The molecule has 1 N–H and O–H groups in total. The minimum Gasteiger partial charge on any atom is -0.493 e. The Morgan fingerprint density at radius 3 is 2.50 bits per heavy atom. The lowest BCUT2D eigenvalue weighted by Gasteiger charge is -2.37. The highest BCUT2D eigenvalue weighted by molar-refractivity contribution is 5.81. The number of aliphatic carboxylic acids is 1. The van der Waals surface area contributed by atoms with E-state index in [1.165, 1.54) is 0 Å². The van der Waals surface area contributed by atoms with Crippen molar-refractivity contribution in [1.29, 1.82) is 5.26 Å². The Balaban J connectivity index is 1.27. The van der Waals surface area contributed by atoms with E-state index in [-0.39, 0.29) is 23.9 Å². The molecular weight excluding hydrogens is 506 g/mol. The molecule has 0 aromatic heterocycles. The number of benzene rings is 3. The maximum Gasteiger partial charge on any atom is 0.304 e. The smallest absolute Gasteiger partial charge is 0.304 e. The summed E-state index contributed by atoms with van der Waals surface area (Å²) in [6.07, 6.45) is 1.51. The summed E-state index contributed by atoms with van der Waals surface area (Å²) in [5.74, 6) is 1.25. The zero-order valence-corrected chi connectivity index (χ0v) is 23.1. The third kappa shape index (κ3) is 4.77. The van der Waals surface area contributed by atoms with Gasteiger partial charge < -0.3 is 24.1 Å². The second-order valence-corrected chi connectivity index (χ2v) is 11.6. The molecule has 0 bridgehead atoms. The summed E-state index contributed by atoms with van der Waals surface area (Å²) in [7, 11) is 0. The summed E-state index contributed by atoms with van der Waals surface area (Å²) in [6.45, 7) is 8.75. The van der Waals surface area contributed by atoms with E-state index in [9.17, 15) is 15.2 Å². The van der Waals surface area contributed by atoms with E-state index >= 15 is 0 Å². The molecule has 1 fully saturated rings. The van der Waals surface area contributed by atoms with Crippen molar-refractivity contribution in [2.24, 2.45) is 5.41 Å². The number of nitrogens with zero attached hydrogens (tertiary/aromatic N) is 1. The van der Waals surface area contributed by atoms with Gasteiger partial charge in [0.05, 0.1) is 44.5 Å². The van der Waals surface area contributed by atoms with Crippen LogP contribution >= 0.6 is 0 Å². The topological polar surface area (TPSA) is 98.0 Å². The predicted octanol–water partition coefficient (Wildman–Crippen LogP) is 6.27. The third-order valence-electron chi connectivity index (χ3n) is 8.28. The monoisotopic (exact) mass is 539 g/mol. The van der Waals surface area contributed by atoms with Gasteiger partial charge in [-0.3, -0.25) is 4.79 Å². The van der Waals surface area contributed by atoms with Crippen molar-refractivity contribution >= 4 is 5.97 Å². The van der Waals surface area contributed by atoms with Gasteiger partial charge >= 0.3 is 5.97 Å². The van der Waals surface area contributed by atoms with Gasteiger partial charge in [-0.1, -0.05) is 19.1 Å². The summed E-state index contributed by atoms with van der Waals surface area (Å²) < 4.78 is 23.7. The number of aryl methyl sites for hydroxylation is 2. The lowest BCUT2D eigenvalue weighted by Crippen LogP contribution is -2.44. The second kappa shape index (κ2) is 10.2. The van der Waals surface area contributed by atoms with Gasteiger partial charge in [-0.15, -0.1) is 0 Å². The lowest BCUT2D eigenvalue weighted by molar-refractivity contribution is -0.137. The van der Waals surface area contributed by atoms with Crippen molar-refractivity contribution in [3.63, 3.8) is 0 Å². The van der Waals surface area contributed by atoms with Gasteiger partial charge in [-0.05, 0) is 78.8 Å². The first kappa shape index (κ1) is 26.2. The van der Waals surface area contributed by atoms with Crippen LogP contribution in [0.1, 0.15) is 65.2 Å². The molecule has 3 aromatic rings. The van der Waals surface area contributed by atoms with E-state index in [1.807, 2.05) is 30.3 Å². The van der Waals surface area contributed by atoms with Gasteiger partial charge in [0.25, 0.3) is 0 Å². The molecule has 2 aliphatic heterocycles. The highest BCUT2D eigenvalue weighted by atomic mass is 16.5. The van der Waals surface area contributed by atoms with Crippen molar-refractivity contribution < 1.29 is 28.8 Å². The molecule has 3 aromatic carbocycles. The Labute approximate surface area is 234 Å². The zero-order valence-electron chi connectivity index (χ0n) is 23.1. The summed E-state index contributed by atoms with van der Waals surface area (Å²) >= 11 is 0. The summed E-state index contributed by atoms with van der Waals surface area (Å²) in [4.78, 5) is 11.2. The minimum absolute atomic E-state index is 0.0491. The molecule has 0 unspecified atom stereocenters. The number of carbonyl (C=O) groups is 1. The number of carboxylic acids is 1. The van der Waals surface area contributed by atoms with Gasteiger partial charge in [0.15, 0.2) is 0 Å². The first-order chi connectivity index (χ1) is 19.2. The van der Waals surface area contributed by atoms with Gasteiger partial charge in [-0.2, -0.15) is 5.26 Å². The SMILES string of the molecule is Cc1cc(OCC2(C)COC2)cc(C)c1-c1c(C#N)ccc2c1CC[C@H]2Oc1ccc2c(c1)OC[C@H]2CC(=O)O. The van der Waals surface area contributed by atoms with Crippen LogP contribution in [-0.2, 0) is 16.0 Å². The quantitative estimate of drug-likeness (QED) is 0.360. The molecule has 2 heterocycles. The third-order valence-corrected chi connectivity index (χ3v) is 8.28. The molecule has 3 aliphatic rings. The molecule has 7 nitrogen and oxygen atoms in total. The fourth-order valence-electron chi connectivity index (χ4n) is 6.23. The van der Waals surface area contributed by atoms with Gasteiger partial charge in [-0.25, -0.2) is 0 Å². The van der Waals surface area contributed by atoms with E-state index in [0.717, 1.165) is 70.7 Å². The molecule has 6 rings (SSSR count). The van der Waals surface area contributed by atoms with E-state index in [0.29, 0.717) is 30.3 Å². The molecule has 1 saturated heterocycles. The molecule has 2 atom stereocenters. The zero-order chi connectivity index (χ0) is 28.0. The van der Waals surface area contributed by atoms with Crippen molar-refractivity contribution in [1.82, 2.24) is 0 Å². The minimum atomic E-state index is -0.831. The van der Waals surface area contributed by atoms with Crippen LogP contribution in [0.15, 0.2) is 42.5 Å². The molecule has 0 spiro atoms. The van der Waals surface area contributed by atoms with Crippen LogP contribution in [0.25, 0.3) is 11.1 Å². The average molecular weight is 540 g/mol. The van der Waals surface area contributed by atoms with E-state index in [1.54, 1.807) is 0 Å². The van der Waals surface area contributed by atoms with Crippen molar-refractivity contribution in [3.05, 3.63) is 75.8 Å². The maximum absolute atomic E-state index is 11.2. The Morgan fingerprint density at radius 2 is 1.82 bits per heavy atom. The van der Waals surface area contributed by atoms with Gasteiger partial charge in [0.2, 0.25) is 0 Å². The molecule has 7 heteroatoms. The second-order valence-electron chi connectivity index (χ2n) is 11.6. The standard InChI is InChI=1S/C33H33NO6/c1-19-10-24(39-18-33(3)16-37-17-33)11-20(2)31(19)32-21(14-34)4-6-26-27(32)8-9-28(26)40-23-5-7-25-22(12-30(35)36)15-38-29(25)13-23/h4-7,10-11,13,22,28H,8-9,12,15-18H2,1-3H3,(H,35,36)/t22-,28-/m1/s1. The number of hydrogen-bond acceptors (Lipinski definition) is 6. The Bertz CT molecular complexity index is 1510. The van der Waals surface area contributed by atoms with Crippen LogP contribution < -0.4 is 14.2 Å². The van der Waals surface area contributed by atoms with Crippen LogP contribution in [0.3, 0.4) is 0 Å². The Morgan fingerprint density at radius 1 is 1.07 bits per heavy atom. The van der Waals surface area contributed by atoms with Crippen LogP contribution in [0, 0.1) is 30.6 Å². The fourth-order valence-corrected chi connectivity index (χ4v) is 6.23. The van der Waals surface area contributed by atoms with Crippen molar-refractivity contribution in [3.8, 4) is 34.4 Å². The molecule has 40 heavy (non-hydrogen) atoms. The van der Waals surface area contributed by atoms with Crippen LogP contribution in [0.4, 0.5) is 0 Å². The summed E-state index contributed by atoms with van der Waals surface area (Å²) in [5, 5.41) is 19.2. The highest BCUT2D eigenvalue weighted by Crippen LogP contribution is 2.45.